The molecule has 1 aliphatic rings. The Kier molecular flexibility index (Phi) is 5.27. The fourth-order valence-corrected chi connectivity index (χ4v) is 3.94. The molecule has 4 aromatic rings. The second-order valence-corrected chi connectivity index (χ2v) is 7.50. The van der Waals surface area contributed by atoms with E-state index in [1.54, 1.807) is 30.5 Å². The molecule has 2 aromatic heterocycles. The quantitative estimate of drug-likeness (QED) is 0.488. The number of hydrogen-bond donors (Lipinski definition) is 2. The molecule has 0 unspecified atom stereocenters. The van der Waals surface area contributed by atoms with E-state index in [1.807, 2.05) is 30.3 Å². The lowest BCUT2D eigenvalue weighted by atomic mass is 10.0. The Labute approximate surface area is 188 Å². The number of nitrogens with one attached hydrogen (secondary N) is 1. The van der Waals surface area contributed by atoms with Crippen LogP contribution in [0.5, 0.6) is 5.75 Å². The molecule has 9 nitrogen and oxygen atoms in total. The van der Waals surface area contributed by atoms with E-state index >= 15 is 4.39 Å². The van der Waals surface area contributed by atoms with Crippen molar-refractivity contribution >= 4 is 23.3 Å². The molecule has 2 amide bonds. The van der Waals surface area contributed by atoms with Crippen molar-refractivity contribution in [2.75, 3.05) is 24.8 Å². The maximum absolute atomic E-state index is 15.7. The zero-order chi connectivity index (χ0) is 22.9. The molecule has 33 heavy (non-hydrogen) atoms. The zero-order valence-electron chi connectivity index (χ0n) is 17.7. The van der Waals surface area contributed by atoms with Gasteiger partial charge < -0.3 is 15.8 Å². The number of nitrogens with zero attached hydrogens (tertiary/aromatic N) is 4. The first-order chi connectivity index (χ1) is 16.0. The molecule has 1 saturated heterocycles. The van der Waals surface area contributed by atoms with Crippen LogP contribution in [0.4, 0.5) is 20.8 Å². The van der Waals surface area contributed by atoms with Crippen LogP contribution in [-0.2, 0) is 4.84 Å². The number of rotatable bonds is 4. The number of anilines is 2. The summed E-state index contributed by atoms with van der Waals surface area (Å²) in [5, 5.41) is 7.94. The Balaban J connectivity index is 1.47. The molecule has 0 spiro atoms. The van der Waals surface area contributed by atoms with Gasteiger partial charge in [0.05, 0.1) is 19.8 Å². The van der Waals surface area contributed by atoms with Crippen LogP contribution in [0.15, 0.2) is 60.8 Å². The largest absolute Gasteiger partial charge is 0.494 e. The van der Waals surface area contributed by atoms with Crippen molar-refractivity contribution < 1.29 is 18.8 Å². The van der Waals surface area contributed by atoms with Gasteiger partial charge in [-0.25, -0.2) is 13.7 Å². The minimum absolute atomic E-state index is 0.0829. The van der Waals surface area contributed by atoms with Crippen molar-refractivity contribution in [1.29, 1.82) is 0 Å². The predicted octanol–water partition coefficient (Wildman–Crippen LogP) is 4.04. The summed E-state index contributed by atoms with van der Waals surface area (Å²) < 4.78 is 22.4. The maximum Gasteiger partial charge on any atom is 0.346 e. The molecule has 168 valence electrons. The summed E-state index contributed by atoms with van der Waals surface area (Å²) in [6.45, 7) is 0.383. The van der Waals surface area contributed by atoms with Crippen LogP contribution in [0.3, 0.4) is 0 Å². The summed E-state index contributed by atoms with van der Waals surface area (Å²) in [5.74, 6) is -0.342. The molecule has 0 aliphatic carbocycles. The van der Waals surface area contributed by atoms with Crippen molar-refractivity contribution in [3.05, 3.63) is 72.2 Å². The summed E-state index contributed by atoms with van der Waals surface area (Å²) in [4.78, 5) is 22.7. The molecule has 0 radical (unpaired) electrons. The van der Waals surface area contributed by atoms with E-state index < -0.39 is 11.8 Å². The lowest BCUT2D eigenvalue weighted by molar-refractivity contribution is -0.0830. The van der Waals surface area contributed by atoms with Crippen molar-refractivity contribution in [2.45, 2.75) is 12.5 Å². The standard InChI is InChI=1S/C23H21FN6O3/c1-32-18-9-8-16(15-7-10-19-26-22(25)28-29(19)13-15)20(24)21(18)27-23(31)30-17(11-12-33-30)14-5-3-2-4-6-14/h2-10,13,17H,11-12H2,1H3,(H2,25,28)(H,27,31)/t17-/m0/s1. The van der Waals surface area contributed by atoms with Crippen LogP contribution in [-0.4, -0.2) is 39.4 Å². The lowest BCUT2D eigenvalue weighted by Gasteiger charge is -2.24. The second kappa shape index (κ2) is 8.40. The van der Waals surface area contributed by atoms with E-state index in [0.29, 0.717) is 24.2 Å². The van der Waals surface area contributed by atoms with Crippen LogP contribution in [0, 0.1) is 5.82 Å². The van der Waals surface area contributed by atoms with Crippen LogP contribution < -0.4 is 15.8 Å². The third-order valence-electron chi connectivity index (χ3n) is 5.50. The fraction of sp³-hybridized carbons (Fsp3) is 0.174. The molecular formula is C23H21FN6O3. The van der Waals surface area contributed by atoms with Crippen LogP contribution >= 0.6 is 0 Å². The number of halogens is 1. The van der Waals surface area contributed by atoms with Gasteiger partial charge in [-0.1, -0.05) is 30.3 Å². The minimum atomic E-state index is -0.648. The Bertz CT molecular complexity index is 1330. The summed E-state index contributed by atoms with van der Waals surface area (Å²) >= 11 is 0. The number of fused-ring (bicyclic) bond motifs is 1. The number of hydroxylamine groups is 2. The van der Waals surface area contributed by atoms with Gasteiger partial charge in [-0.3, -0.25) is 4.84 Å². The van der Waals surface area contributed by atoms with Crippen molar-refractivity contribution in [3.63, 3.8) is 0 Å². The highest BCUT2D eigenvalue weighted by atomic mass is 19.1. The van der Waals surface area contributed by atoms with Gasteiger partial charge in [0.15, 0.2) is 11.5 Å². The van der Waals surface area contributed by atoms with Gasteiger partial charge in [-0.2, -0.15) is 10.0 Å². The van der Waals surface area contributed by atoms with E-state index in [-0.39, 0.29) is 29.0 Å². The second-order valence-electron chi connectivity index (χ2n) is 7.50. The number of methoxy groups -OCH3 is 1. The first-order valence-electron chi connectivity index (χ1n) is 10.3. The average Bonchev–Trinajstić information content (AvgIpc) is 3.46. The Morgan fingerprint density at radius 2 is 2.03 bits per heavy atom. The smallest absolute Gasteiger partial charge is 0.346 e. The molecular weight excluding hydrogens is 427 g/mol. The number of carbonyl (C=O) groups excluding carboxylic acids is 1. The fourth-order valence-electron chi connectivity index (χ4n) is 3.94. The van der Waals surface area contributed by atoms with Gasteiger partial charge in [0.25, 0.3) is 0 Å². The van der Waals surface area contributed by atoms with Gasteiger partial charge in [0.1, 0.15) is 11.4 Å². The number of hydrogen-bond acceptors (Lipinski definition) is 6. The molecule has 1 fully saturated rings. The maximum atomic E-state index is 15.7. The molecule has 0 saturated carbocycles. The van der Waals surface area contributed by atoms with Gasteiger partial charge in [-0.15, -0.1) is 5.10 Å². The number of amides is 2. The first kappa shape index (κ1) is 20.7. The molecule has 3 heterocycles. The third kappa shape index (κ3) is 3.80. The number of pyridine rings is 1. The highest BCUT2D eigenvalue weighted by Crippen LogP contribution is 2.37. The Morgan fingerprint density at radius 3 is 2.82 bits per heavy atom. The van der Waals surface area contributed by atoms with Crippen molar-refractivity contribution in [1.82, 2.24) is 19.7 Å². The van der Waals surface area contributed by atoms with Crippen molar-refractivity contribution in [2.24, 2.45) is 0 Å². The topological polar surface area (TPSA) is 107 Å². The summed E-state index contributed by atoms with van der Waals surface area (Å²) in [5.41, 5.74) is 7.82. The predicted molar refractivity (Wildman–Crippen MR) is 120 cm³/mol. The Hall–Kier alpha value is -4.18. The van der Waals surface area contributed by atoms with E-state index in [9.17, 15) is 4.79 Å². The summed E-state index contributed by atoms with van der Waals surface area (Å²) in [6, 6.07) is 15.2. The van der Waals surface area contributed by atoms with Crippen LogP contribution in [0.1, 0.15) is 18.0 Å². The number of nitrogen functional groups attached to an aromatic ring is 1. The number of carbonyl (C=O) groups is 1. The molecule has 3 N–H and O–H groups in total. The van der Waals surface area contributed by atoms with E-state index in [2.05, 4.69) is 15.4 Å². The number of aromatic nitrogens is 3. The normalized spacial score (nSPS) is 15.7. The van der Waals surface area contributed by atoms with Crippen molar-refractivity contribution in [3.8, 4) is 16.9 Å². The average molecular weight is 448 g/mol. The van der Waals surface area contributed by atoms with Gasteiger partial charge >= 0.3 is 6.03 Å². The molecule has 0 bridgehead atoms. The molecule has 10 heteroatoms. The molecule has 5 rings (SSSR count). The number of nitrogens with two attached hydrogens (primary N) is 1. The van der Waals surface area contributed by atoms with E-state index in [1.165, 1.54) is 16.7 Å². The Morgan fingerprint density at radius 1 is 1.21 bits per heavy atom. The number of urea groups is 1. The lowest BCUT2D eigenvalue weighted by Crippen LogP contribution is -2.34. The van der Waals surface area contributed by atoms with Gasteiger partial charge in [0.2, 0.25) is 5.95 Å². The number of ether oxygens (including phenoxy) is 1. The van der Waals surface area contributed by atoms with E-state index in [0.717, 1.165) is 5.56 Å². The van der Waals surface area contributed by atoms with E-state index in [4.69, 9.17) is 15.3 Å². The summed E-state index contributed by atoms with van der Waals surface area (Å²) in [7, 11) is 1.41. The highest BCUT2D eigenvalue weighted by Gasteiger charge is 2.33. The van der Waals surface area contributed by atoms with Gasteiger partial charge in [0, 0.05) is 23.7 Å². The monoisotopic (exact) mass is 448 g/mol. The number of benzene rings is 2. The van der Waals surface area contributed by atoms with Crippen LogP contribution in [0.2, 0.25) is 0 Å². The zero-order valence-corrected chi connectivity index (χ0v) is 17.7. The molecule has 2 aromatic carbocycles. The highest BCUT2D eigenvalue weighted by molar-refractivity contribution is 5.92. The minimum Gasteiger partial charge on any atom is -0.494 e. The van der Waals surface area contributed by atoms with Crippen LogP contribution in [0.25, 0.3) is 16.8 Å². The summed E-state index contributed by atoms with van der Waals surface area (Å²) in [6.07, 6.45) is 2.25. The SMILES string of the molecule is COc1ccc(-c2ccc3nc(N)nn3c2)c(F)c1NC(=O)N1OCC[C@H]1c1ccccc1. The molecule has 1 atom stereocenters. The molecule has 1 aliphatic heterocycles. The first-order valence-corrected chi connectivity index (χ1v) is 10.3. The third-order valence-corrected chi connectivity index (χ3v) is 5.50. The van der Waals surface area contributed by atoms with Gasteiger partial charge in [-0.05, 0) is 29.8 Å².